The summed E-state index contributed by atoms with van der Waals surface area (Å²) in [6.45, 7) is 22.2. The smallest absolute Gasteiger partial charge is 0.159 e. The Balaban J connectivity index is 0.000000106. The summed E-state index contributed by atoms with van der Waals surface area (Å²) in [5.74, 6) is 3.41. The molecule has 10 aromatic carbocycles. The molecule has 5 aliphatic heterocycles. The standard InChI is InChI=1S/3C23H23N3O.2C21H19N3O/c1-14(2)25-16(4)26(19-9-7-13-24-23(19)25)21-15(3)11-12-18-17-8-5-6-10-20(17)27-22(18)21;2*1-14(2)25-16(4)26(23-19(25)9-7-13-24-23)21-15(3)11-12-18-17-8-5-6-10-20(17)27-22(18)21;1-13-10-11-16-15-7-4-5-9-18(15)25-20(16)19(13)24-14(2)23(3)21-17(24)8-6-12-22-21;1-13-10-11-16-15-7-4-5-9-18(15)25-20(16)19(13)24-14(2)23(3)17-8-6-12-22-21(17)24/h3*5-14,16H,1-4H3;2*4-12,14H,1-3H3/t3*16-;2*14-/m00000/s1/i14D;1D3,14D;14D;2*3D3/tm;14?,16-;3m. The molecule has 20 heteroatoms. The highest BCUT2D eigenvalue weighted by Gasteiger charge is 2.44. The zero-order valence-electron chi connectivity index (χ0n) is 87.6. The van der Waals surface area contributed by atoms with Gasteiger partial charge in [-0.3, -0.25) is 0 Å². The van der Waals surface area contributed by atoms with Gasteiger partial charge in [0.1, 0.15) is 58.7 Å². The van der Waals surface area contributed by atoms with Gasteiger partial charge in [0.15, 0.2) is 57.0 Å². The number of pyridine rings is 5. The molecule has 0 bridgehead atoms. The van der Waals surface area contributed by atoms with Crippen LogP contribution in [-0.2, 0) is 0 Å². The van der Waals surface area contributed by atoms with Gasteiger partial charge in [0.25, 0.3) is 0 Å². The van der Waals surface area contributed by atoms with E-state index in [1.165, 1.54) is 16.7 Å². The van der Waals surface area contributed by atoms with Crippen molar-refractivity contribution in [1.82, 2.24) is 24.9 Å². The van der Waals surface area contributed by atoms with Gasteiger partial charge in [0.05, 0.1) is 61.0 Å². The van der Waals surface area contributed by atoms with Gasteiger partial charge in [-0.2, -0.15) is 0 Å². The monoisotopic (exact) mass is 1740 g/mol. The minimum absolute atomic E-state index is 0.0603. The number of nitrogens with zero attached hydrogens (tertiary/aromatic N) is 15. The first-order valence-corrected chi connectivity index (χ1v) is 44.4. The first-order valence-electron chi connectivity index (χ1n) is 50.4. The number of furan rings is 5. The molecule has 5 aliphatic rings. The van der Waals surface area contributed by atoms with Gasteiger partial charge in [0.2, 0.25) is 0 Å². The van der Waals surface area contributed by atoms with Gasteiger partial charge >= 0.3 is 0 Å². The second kappa shape index (κ2) is 32.6. The molecule has 6 atom stereocenters. The summed E-state index contributed by atoms with van der Waals surface area (Å²) < 4.78 is 130. The van der Waals surface area contributed by atoms with Crippen LogP contribution in [0.2, 0.25) is 0 Å². The molecule has 20 nitrogen and oxygen atoms in total. The molecule has 0 spiro atoms. The lowest BCUT2D eigenvalue weighted by atomic mass is 10.1. The Labute approximate surface area is 779 Å². The number of aromatic nitrogens is 5. The topological polar surface area (TPSA) is 163 Å². The van der Waals surface area contributed by atoms with Crippen molar-refractivity contribution in [3.63, 3.8) is 0 Å². The third-order valence-corrected chi connectivity index (χ3v) is 26.1. The second-order valence-electron chi connectivity index (χ2n) is 34.6. The summed E-state index contributed by atoms with van der Waals surface area (Å²) >= 11 is 0. The highest BCUT2D eigenvalue weighted by atomic mass is 16.3. The minimum atomic E-state index is -2.51. The zero-order chi connectivity index (χ0) is 101. The van der Waals surface area contributed by atoms with E-state index in [4.69, 9.17) is 43.5 Å². The number of benzene rings is 10. The van der Waals surface area contributed by atoms with E-state index in [0.717, 1.165) is 195 Å². The van der Waals surface area contributed by atoms with Crippen molar-refractivity contribution in [2.45, 2.75) is 160 Å². The molecule has 0 amide bonds. The molecular formula is C111H107N15O5. The van der Waals surface area contributed by atoms with Gasteiger partial charge in [-0.05, 0) is 230 Å². The van der Waals surface area contributed by atoms with Gasteiger partial charge in [0, 0.05) is 129 Å². The maximum absolute atomic E-state index is 8.78. The fraction of sp³-hybridized carbons (Fsp3) is 0.234. The van der Waals surface area contributed by atoms with E-state index in [1.807, 2.05) is 248 Å². The van der Waals surface area contributed by atoms with Crippen LogP contribution in [0, 0.1) is 34.6 Å². The summed E-state index contributed by atoms with van der Waals surface area (Å²) in [4.78, 5) is 41.9. The Morgan fingerprint density at radius 2 is 0.511 bits per heavy atom. The number of hydrogen-bond acceptors (Lipinski definition) is 20. The maximum Gasteiger partial charge on any atom is 0.159 e. The number of hydrogen-bond donors (Lipinski definition) is 0. The Bertz CT molecular complexity index is 7640. The molecule has 0 saturated carbocycles. The van der Waals surface area contributed by atoms with Crippen LogP contribution in [0.15, 0.2) is 296 Å². The molecule has 656 valence electrons. The van der Waals surface area contributed by atoms with E-state index in [9.17, 15) is 0 Å². The molecule has 15 heterocycles. The van der Waals surface area contributed by atoms with E-state index in [1.54, 1.807) is 47.9 Å². The third kappa shape index (κ3) is 13.3. The van der Waals surface area contributed by atoms with Crippen molar-refractivity contribution in [3.05, 3.63) is 301 Å². The van der Waals surface area contributed by atoms with E-state index in [-0.39, 0.29) is 12.3 Å². The number of fused-ring (bicyclic) bond motifs is 20. The zero-order valence-corrected chi connectivity index (χ0v) is 75.6. The molecule has 10 aromatic heterocycles. The Morgan fingerprint density at radius 3 is 0.847 bits per heavy atom. The summed E-state index contributed by atoms with van der Waals surface area (Å²) in [6.07, 6.45) is 7.17. The van der Waals surface area contributed by atoms with Crippen LogP contribution in [0.4, 0.5) is 86.0 Å². The predicted molar refractivity (Wildman–Crippen MR) is 541 cm³/mol. The van der Waals surface area contributed by atoms with Crippen molar-refractivity contribution in [1.29, 1.82) is 0 Å². The Hall–Kier alpha value is -15.1. The molecule has 20 aromatic rings. The lowest BCUT2D eigenvalue weighted by molar-refractivity contribution is 0.598. The fourth-order valence-electron chi connectivity index (χ4n) is 20.3. The van der Waals surface area contributed by atoms with Gasteiger partial charge in [-0.1, -0.05) is 152 Å². The van der Waals surface area contributed by atoms with Gasteiger partial charge in [-0.15, -0.1) is 0 Å². The quantitative estimate of drug-likeness (QED) is 0.141. The lowest BCUT2D eigenvalue weighted by Crippen LogP contribution is -2.42. The van der Waals surface area contributed by atoms with Crippen LogP contribution in [0.25, 0.3) is 110 Å². The Morgan fingerprint density at radius 1 is 0.252 bits per heavy atom. The second-order valence-corrected chi connectivity index (χ2v) is 34.6. The van der Waals surface area contributed by atoms with Gasteiger partial charge in [-0.25, -0.2) is 24.9 Å². The molecular weight excluding hydrogens is 1620 g/mol. The van der Waals surface area contributed by atoms with E-state index in [2.05, 4.69) is 134 Å². The van der Waals surface area contributed by atoms with E-state index in [0.29, 0.717) is 28.8 Å². The SMILES string of the molecule is [2H]C(C)(C)N1c2cccnc2N(c2c(C)ccc3c2oc2ccccc23)[C@H]1C.[2H]C(C)(C)N1c2ncccc2N(c2c(C)ccc3c2oc2ccccc23)[C@H]1C.[2H]C([2H])([2H])C([2H])(C)N1c2cccnc2N(c2c(C)ccc3c2oc2ccccc23)[C@H]1C.[2H]C([2H])([2H])N1c2cccnc2N(c2c(C)ccc3c2oc2ccccc23)[C@H]1C.[2H]C([2H])([2H])N1c2ncccc2N(c2c(C)ccc3c2oc2ccccc23)[C@H]1C. The van der Waals surface area contributed by atoms with Crippen LogP contribution >= 0.6 is 0 Å². The maximum atomic E-state index is 8.78. The van der Waals surface area contributed by atoms with Crippen molar-refractivity contribution < 1.29 is 38.5 Å². The Kier molecular flexibility index (Phi) is 17.4. The first-order chi connectivity index (χ1) is 68.1. The number of anilines is 15. The highest BCUT2D eigenvalue weighted by molar-refractivity contribution is 6.16. The van der Waals surface area contributed by atoms with Crippen LogP contribution < -0.4 is 49.0 Å². The molecule has 0 saturated heterocycles. The van der Waals surface area contributed by atoms with Crippen LogP contribution in [-0.4, -0.2) is 87.8 Å². The molecule has 25 rings (SSSR count). The average molecular weight is 1740 g/mol. The van der Waals surface area contributed by atoms with Crippen molar-refractivity contribution in [2.24, 2.45) is 0 Å². The third-order valence-electron chi connectivity index (χ3n) is 26.1. The minimum Gasteiger partial charge on any atom is -0.454 e. The average Bonchev–Trinajstić information content (AvgIpc) is 1.57. The number of para-hydroxylation sites is 5. The van der Waals surface area contributed by atoms with Crippen molar-refractivity contribution in [2.75, 3.05) is 63.0 Å². The van der Waals surface area contributed by atoms with Crippen LogP contribution in [0.3, 0.4) is 0 Å². The molecule has 1 unspecified atom stereocenters. The van der Waals surface area contributed by atoms with E-state index >= 15 is 0 Å². The van der Waals surface area contributed by atoms with Crippen LogP contribution in [0.1, 0.15) is 120 Å². The lowest BCUT2D eigenvalue weighted by Gasteiger charge is -2.33. The predicted octanol–water partition coefficient (Wildman–Crippen LogP) is 28.5. The molecule has 0 radical (unpaired) electrons. The summed E-state index contributed by atoms with van der Waals surface area (Å²) in [5, 5.41) is 10.6. The van der Waals surface area contributed by atoms with Gasteiger partial charge < -0.3 is 71.1 Å². The summed E-state index contributed by atoms with van der Waals surface area (Å²) in [6, 6.07) is 76.4. The summed E-state index contributed by atoms with van der Waals surface area (Å²) in [5.41, 5.74) is 22.0. The molecule has 0 fully saturated rings. The van der Waals surface area contributed by atoms with Crippen molar-refractivity contribution >= 4 is 196 Å². The van der Waals surface area contributed by atoms with E-state index < -0.39 is 57.4 Å². The summed E-state index contributed by atoms with van der Waals surface area (Å²) in [7, 11) is 0. The normalized spacial score (nSPS) is 19.0. The highest BCUT2D eigenvalue weighted by Crippen LogP contribution is 2.55. The largest absolute Gasteiger partial charge is 0.454 e. The molecule has 131 heavy (non-hydrogen) atoms. The number of aryl methyl sites for hydroxylation is 5. The first kappa shape index (κ1) is 70.0. The molecule has 0 aliphatic carbocycles. The number of rotatable bonds is 8. The molecule has 0 N–H and O–H groups in total. The van der Waals surface area contributed by atoms with Crippen LogP contribution in [0.5, 0.6) is 0 Å². The van der Waals surface area contributed by atoms with Crippen molar-refractivity contribution in [3.8, 4) is 0 Å². The fourth-order valence-corrected chi connectivity index (χ4v) is 20.3.